The molecule has 0 aliphatic heterocycles. The maximum atomic E-state index is 11.5. The van der Waals surface area contributed by atoms with Crippen molar-refractivity contribution in [3.63, 3.8) is 0 Å². The van der Waals surface area contributed by atoms with Gasteiger partial charge in [-0.15, -0.1) is 5.75 Å². The van der Waals surface area contributed by atoms with Crippen molar-refractivity contribution in [2.45, 2.75) is 11.8 Å². The Balaban J connectivity index is 0.000000655. The summed E-state index contributed by atoms with van der Waals surface area (Å²) in [5.74, 6) is -0.228. The van der Waals surface area contributed by atoms with Gasteiger partial charge in [-0.1, -0.05) is 42.5 Å². The summed E-state index contributed by atoms with van der Waals surface area (Å²) in [6.45, 7) is 1.93. The molecule has 1 radical (unpaired) electrons. The van der Waals surface area contributed by atoms with Crippen molar-refractivity contribution in [1.82, 2.24) is 4.98 Å². The van der Waals surface area contributed by atoms with E-state index in [9.17, 15) is 18.1 Å². The third kappa shape index (κ3) is 10.5. The van der Waals surface area contributed by atoms with E-state index in [1.165, 1.54) is 30.5 Å². The van der Waals surface area contributed by atoms with E-state index in [1.807, 2.05) is 18.2 Å². The molecule has 2 aromatic carbocycles. The van der Waals surface area contributed by atoms with Crippen LogP contribution in [0.5, 0.6) is 5.75 Å². The van der Waals surface area contributed by atoms with E-state index in [4.69, 9.17) is 5.11 Å². The fourth-order valence-corrected chi connectivity index (χ4v) is 2.44. The van der Waals surface area contributed by atoms with Crippen LogP contribution in [0, 0.1) is 0 Å². The zero-order valence-corrected chi connectivity index (χ0v) is 17.2. The second-order valence-corrected chi connectivity index (χ2v) is 6.41. The van der Waals surface area contributed by atoms with Crippen molar-refractivity contribution in [3.8, 4) is 5.75 Å². The molecule has 0 amide bonds. The first-order valence-electron chi connectivity index (χ1n) is 8.21. The summed E-state index contributed by atoms with van der Waals surface area (Å²) in [6.07, 6.45) is 4.74. The van der Waals surface area contributed by atoms with Crippen LogP contribution in [0.4, 0.5) is 5.69 Å². The molecule has 0 saturated heterocycles. The Morgan fingerprint density at radius 3 is 2.03 bits per heavy atom. The van der Waals surface area contributed by atoms with Crippen molar-refractivity contribution < 1.29 is 40.3 Å². The van der Waals surface area contributed by atoms with Gasteiger partial charge in [0.1, 0.15) is 10.1 Å². The van der Waals surface area contributed by atoms with Gasteiger partial charge in [0, 0.05) is 25.2 Å². The van der Waals surface area contributed by atoms with Crippen LogP contribution in [-0.2, 0) is 27.2 Å². The van der Waals surface area contributed by atoms with Gasteiger partial charge in [-0.2, -0.15) is 0 Å². The molecular formula is C20H20CuN2O5S. The normalized spacial score (nSPS) is 10.0. The van der Waals surface area contributed by atoms with Gasteiger partial charge in [0.15, 0.2) is 0 Å². The number of hydrogen-bond donors (Lipinski definition) is 1. The van der Waals surface area contributed by atoms with Crippen LogP contribution in [0.15, 0.2) is 89.0 Å². The largest absolute Gasteiger partial charge is 2.00 e. The van der Waals surface area contributed by atoms with Crippen LogP contribution in [0.1, 0.15) is 12.5 Å². The van der Waals surface area contributed by atoms with Crippen LogP contribution in [0.3, 0.4) is 0 Å². The average Bonchev–Trinajstić information content (AvgIpc) is 2.69. The number of aliphatic hydroxyl groups excluding tert-OH is 1. The molecule has 0 unspecified atom stereocenters. The molecule has 157 valence electrons. The van der Waals surface area contributed by atoms with E-state index < -0.39 is 15.0 Å². The number of rotatable bonds is 3. The molecule has 7 nitrogen and oxygen atoms in total. The molecule has 1 heterocycles. The standard InChI is InChI=1S/C13H11NO4S.C5H5N.C2H6O.Cu/c15-12-7-3-1-5-10(12)9-14-11-6-2-4-8-13(11)19(16,17)18;1-2-4-6-5-3-1;1-2-3;/h1-9,15H,(H,16,17,18);1-5H;3H,2H2,1H3;/q;;;+2/p-2. The molecule has 3 rings (SSSR count). The van der Waals surface area contributed by atoms with E-state index in [-0.39, 0.29) is 35.1 Å². The van der Waals surface area contributed by atoms with Gasteiger partial charge in [-0.25, -0.2) is 8.42 Å². The number of benzene rings is 2. The Hall–Kier alpha value is -2.55. The van der Waals surface area contributed by atoms with Gasteiger partial charge in [0.05, 0.1) is 10.6 Å². The fraction of sp³-hybridized carbons (Fsp3) is 0.100. The van der Waals surface area contributed by atoms with Crippen LogP contribution in [0.25, 0.3) is 0 Å². The number of pyridine rings is 1. The minimum Gasteiger partial charge on any atom is -0.872 e. The Kier molecular flexibility index (Phi) is 13.2. The summed E-state index contributed by atoms with van der Waals surface area (Å²) in [6, 6.07) is 17.5. The first-order chi connectivity index (χ1) is 13.4. The van der Waals surface area contributed by atoms with Crippen molar-refractivity contribution >= 4 is 22.0 Å². The van der Waals surface area contributed by atoms with Crippen LogP contribution in [0.2, 0.25) is 0 Å². The number of para-hydroxylation sites is 2. The monoisotopic (exact) mass is 463 g/mol. The van der Waals surface area contributed by atoms with Crippen LogP contribution >= 0.6 is 0 Å². The molecule has 1 N–H and O–H groups in total. The maximum Gasteiger partial charge on any atom is 2.00 e. The van der Waals surface area contributed by atoms with Gasteiger partial charge in [0.25, 0.3) is 0 Å². The molecular weight excluding hydrogens is 444 g/mol. The molecule has 1 aromatic heterocycles. The first kappa shape index (κ1) is 26.4. The molecule has 9 heteroatoms. The van der Waals surface area contributed by atoms with E-state index in [0.29, 0.717) is 5.56 Å². The van der Waals surface area contributed by atoms with Gasteiger partial charge < -0.3 is 14.8 Å². The van der Waals surface area contributed by atoms with Gasteiger partial charge >= 0.3 is 17.1 Å². The Morgan fingerprint density at radius 1 is 1.00 bits per heavy atom. The minimum absolute atomic E-state index is 0. The molecule has 0 aliphatic carbocycles. The van der Waals surface area contributed by atoms with Crippen molar-refractivity contribution in [1.29, 1.82) is 0 Å². The Bertz CT molecular complexity index is 941. The zero-order chi connectivity index (χ0) is 20.8. The van der Waals surface area contributed by atoms with Crippen molar-refractivity contribution in [3.05, 3.63) is 84.7 Å². The van der Waals surface area contributed by atoms with Crippen LogP contribution < -0.4 is 5.11 Å². The van der Waals surface area contributed by atoms with E-state index in [1.54, 1.807) is 43.6 Å². The predicted molar refractivity (Wildman–Crippen MR) is 105 cm³/mol. The summed E-state index contributed by atoms with van der Waals surface area (Å²) in [4.78, 5) is 7.28. The SMILES string of the molecule is CCO.O=S(=O)([O-])c1ccccc1N=Cc1ccccc1[O-].[Cu+2].c1ccncc1. The Labute approximate surface area is 181 Å². The molecule has 0 aliphatic rings. The second-order valence-electron chi connectivity index (χ2n) is 5.06. The first-order valence-corrected chi connectivity index (χ1v) is 9.61. The van der Waals surface area contributed by atoms with Crippen molar-refractivity contribution in [2.24, 2.45) is 4.99 Å². The fourth-order valence-electron chi connectivity index (χ4n) is 1.81. The minimum atomic E-state index is -4.59. The second kappa shape index (κ2) is 14.4. The summed E-state index contributed by atoms with van der Waals surface area (Å²) in [5.41, 5.74) is 0.335. The molecule has 0 bridgehead atoms. The third-order valence-electron chi connectivity index (χ3n) is 2.96. The number of aliphatic hydroxyl groups is 1. The van der Waals surface area contributed by atoms with E-state index in [2.05, 4.69) is 9.98 Å². The Morgan fingerprint density at radius 2 is 1.55 bits per heavy atom. The zero-order valence-electron chi connectivity index (χ0n) is 15.5. The van der Waals surface area contributed by atoms with Crippen molar-refractivity contribution in [2.75, 3.05) is 6.61 Å². The topological polar surface area (TPSA) is 126 Å². The van der Waals surface area contributed by atoms with Gasteiger partial charge in [0.2, 0.25) is 0 Å². The number of aliphatic imine (C=N–C) groups is 1. The molecule has 0 fully saturated rings. The number of hydrogen-bond acceptors (Lipinski definition) is 7. The van der Waals surface area contributed by atoms with Crippen LogP contribution in [-0.4, -0.2) is 35.9 Å². The molecule has 0 spiro atoms. The number of nitrogens with zero attached hydrogens (tertiary/aromatic N) is 2. The predicted octanol–water partition coefficient (Wildman–Crippen LogP) is 2.49. The molecule has 29 heavy (non-hydrogen) atoms. The van der Waals surface area contributed by atoms with Gasteiger partial charge in [-0.05, 0) is 36.8 Å². The van der Waals surface area contributed by atoms with E-state index in [0.717, 1.165) is 0 Å². The number of aromatic nitrogens is 1. The summed E-state index contributed by atoms with van der Waals surface area (Å²) < 4.78 is 33.1. The summed E-state index contributed by atoms with van der Waals surface area (Å²) in [7, 11) is -4.59. The van der Waals surface area contributed by atoms with E-state index >= 15 is 0 Å². The molecule has 3 aromatic rings. The quantitative estimate of drug-likeness (QED) is 0.361. The summed E-state index contributed by atoms with van der Waals surface area (Å²) in [5, 5.41) is 19.0. The molecule has 0 atom stereocenters. The third-order valence-corrected chi connectivity index (χ3v) is 3.85. The summed E-state index contributed by atoms with van der Waals surface area (Å²) >= 11 is 0. The molecule has 0 saturated carbocycles. The average molecular weight is 464 g/mol. The van der Waals surface area contributed by atoms with Gasteiger partial charge in [-0.3, -0.25) is 9.98 Å². The smallest absolute Gasteiger partial charge is 0.872 e. The maximum absolute atomic E-state index is 11.5.